The molecule has 2 rings (SSSR count). The first kappa shape index (κ1) is 13.9. The highest BCUT2D eigenvalue weighted by atomic mass is 79.9. The second-order valence-electron chi connectivity index (χ2n) is 3.99. The third-order valence-corrected chi connectivity index (χ3v) is 3.82. The van der Waals surface area contributed by atoms with E-state index in [1.807, 2.05) is 24.3 Å². The summed E-state index contributed by atoms with van der Waals surface area (Å²) in [7, 11) is 0. The van der Waals surface area contributed by atoms with Crippen molar-refractivity contribution in [3.63, 3.8) is 0 Å². The Morgan fingerprint density at radius 2 is 2.05 bits per heavy atom. The summed E-state index contributed by atoms with van der Waals surface area (Å²) in [6, 6.07) is 12.4. The zero-order valence-corrected chi connectivity index (χ0v) is 12.2. The first-order chi connectivity index (χ1) is 9.06. The van der Waals surface area contributed by atoms with Crippen molar-refractivity contribution < 1.29 is 9.90 Å². The van der Waals surface area contributed by atoms with Gasteiger partial charge in [0.15, 0.2) is 0 Å². The van der Waals surface area contributed by atoms with Crippen molar-refractivity contribution in [1.82, 2.24) is 0 Å². The fourth-order valence-corrected chi connectivity index (χ4v) is 2.07. The minimum atomic E-state index is -0.935. The van der Waals surface area contributed by atoms with E-state index in [0.717, 1.165) is 15.7 Å². The van der Waals surface area contributed by atoms with Gasteiger partial charge in [-0.25, -0.2) is 4.79 Å². The summed E-state index contributed by atoms with van der Waals surface area (Å²) in [6.45, 7) is 0.579. The zero-order chi connectivity index (χ0) is 13.8. The van der Waals surface area contributed by atoms with E-state index in [0.29, 0.717) is 11.6 Å². The Labute approximate surface area is 124 Å². The van der Waals surface area contributed by atoms with Gasteiger partial charge >= 0.3 is 5.97 Å². The van der Waals surface area contributed by atoms with Crippen molar-refractivity contribution in [2.45, 2.75) is 6.54 Å². The van der Waals surface area contributed by atoms with Crippen LogP contribution in [0, 0.1) is 0 Å². The van der Waals surface area contributed by atoms with Crippen molar-refractivity contribution in [2.75, 3.05) is 5.32 Å². The number of hydrogen-bond acceptors (Lipinski definition) is 2. The summed E-state index contributed by atoms with van der Waals surface area (Å²) in [5.74, 6) is -0.935. The Morgan fingerprint density at radius 3 is 2.74 bits per heavy atom. The monoisotopic (exact) mass is 339 g/mol. The van der Waals surface area contributed by atoms with Crippen LogP contribution in [-0.2, 0) is 6.54 Å². The van der Waals surface area contributed by atoms with Crippen LogP contribution in [0.3, 0.4) is 0 Å². The van der Waals surface area contributed by atoms with Gasteiger partial charge in [-0.2, -0.15) is 0 Å². The quantitative estimate of drug-likeness (QED) is 0.866. The van der Waals surface area contributed by atoms with Gasteiger partial charge in [0.1, 0.15) is 0 Å². The molecule has 0 aliphatic rings. The number of aromatic carboxylic acids is 1. The molecule has 3 nitrogen and oxygen atoms in total. The van der Waals surface area contributed by atoms with Crippen molar-refractivity contribution in [3.8, 4) is 0 Å². The van der Waals surface area contributed by atoms with E-state index in [2.05, 4.69) is 21.2 Å². The molecule has 19 heavy (non-hydrogen) atoms. The van der Waals surface area contributed by atoms with Crippen molar-refractivity contribution in [2.24, 2.45) is 0 Å². The van der Waals surface area contributed by atoms with E-state index in [9.17, 15) is 4.79 Å². The maximum Gasteiger partial charge on any atom is 0.335 e. The van der Waals surface area contributed by atoms with Gasteiger partial charge in [0, 0.05) is 16.7 Å². The minimum absolute atomic E-state index is 0.263. The van der Waals surface area contributed by atoms with Crippen LogP contribution in [0.5, 0.6) is 0 Å². The highest BCUT2D eigenvalue weighted by Gasteiger charge is 2.03. The lowest BCUT2D eigenvalue weighted by molar-refractivity contribution is 0.0697. The fraction of sp³-hybridized carbons (Fsp3) is 0.0714. The van der Waals surface area contributed by atoms with E-state index >= 15 is 0 Å². The summed E-state index contributed by atoms with van der Waals surface area (Å²) in [5.41, 5.74) is 2.05. The molecule has 0 aliphatic carbocycles. The number of nitrogens with one attached hydrogen (secondary N) is 1. The molecule has 0 radical (unpaired) electrons. The first-order valence-electron chi connectivity index (χ1n) is 5.57. The Hall–Kier alpha value is -1.52. The molecule has 0 heterocycles. The molecule has 0 bridgehead atoms. The van der Waals surface area contributed by atoms with E-state index < -0.39 is 5.97 Å². The van der Waals surface area contributed by atoms with Crippen LogP contribution in [-0.4, -0.2) is 11.1 Å². The lowest BCUT2D eigenvalue weighted by Gasteiger charge is -2.08. The SMILES string of the molecule is O=C(O)c1cccc(NCc2ccc(Br)c(Cl)c2)c1. The number of rotatable bonds is 4. The summed E-state index contributed by atoms with van der Waals surface area (Å²) in [4.78, 5) is 10.9. The van der Waals surface area contributed by atoms with Gasteiger partial charge in [-0.05, 0) is 51.8 Å². The van der Waals surface area contributed by atoms with Crippen molar-refractivity contribution in [3.05, 3.63) is 63.1 Å². The van der Waals surface area contributed by atoms with Crippen LogP contribution in [0.25, 0.3) is 0 Å². The Bertz CT molecular complexity index is 616. The van der Waals surface area contributed by atoms with Crippen LogP contribution < -0.4 is 5.32 Å². The molecule has 0 fully saturated rings. The third kappa shape index (κ3) is 3.72. The Balaban J connectivity index is 2.07. The molecule has 0 amide bonds. The topological polar surface area (TPSA) is 49.3 Å². The highest BCUT2D eigenvalue weighted by molar-refractivity contribution is 9.10. The van der Waals surface area contributed by atoms with E-state index in [1.54, 1.807) is 18.2 Å². The molecular weight excluding hydrogens is 330 g/mol. The van der Waals surface area contributed by atoms with Crippen LogP contribution in [0.2, 0.25) is 5.02 Å². The van der Waals surface area contributed by atoms with Crippen molar-refractivity contribution in [1.29, 1.82) is 0 Å². The standard InChI is InChI=1S/C14H11BrClNO2/c15-12-5-4-9(6-13(12)16)8-17-11-3-1-2-10(7-11)14(18)19/h1-7,17H,8H2,(H,18,19). The molecule has 98 valence electrons. The number of hydrogen-bond donors (Lipinski definition) is 2. The second kappa shape index (κ2) is 6.08. The molecule has 0 saturated heterocycles. The summed E-state index contributed by atoms with van der Waals surface area (Å²) < 4.78 is 0.853. The first-order valence-corrected chi connectivity index (χ1v) is 6.74. The van der Waals surface area contributed by atoms with Gasteiger partial charge in [0.25, 0.3) is 0 Å². The number of halogens is 2. The highest BCUT2D eigenvalue weighted by Crippen LogP contribution is 2.23. The van der Waals surface area contributed by atoms with E-state index in [1.165, 1.54) is 0 Å². The van der Waals surface area contributed by atoms with Gasteiger partial charge in [0.2, 0.25) is 0 Å². The van der Waals surface area contributed by atoms with Gasteiger partial charge in [-0.3, -0.25) is 0 Å². The molecule has 0 unspecified atom stereocenters. The smallest absolute Gasteiger partial charge is 0.335 e. The number of benzene rings is 2. The molecule has 0 saturated carbocycles. The average molecular weight is 341 g/mol. The molecular formula is C14H11BrClNO2. The van der Waals surface area contributed by atoms with Crippen LogP contribution in [0.15, 0.2) is 46.9 Å². The molecule has 0 aliphatic heterocycles. The lowest BCUT2D eigenvalue weighted by Crippen LogP contribution is -2.02. The number of carboxylic acids is 1. The number of anilines is 1. The Morgan fingerprint density at radius 1 is 1.26 bits per heavy atom. The van der Waals surface area contributed by atoms with Crippen LogP contribution in [0.4, 0.5) is 5.69 Å². The van der Waals surface area contributed by atoms with Gasteiger partial charge in [0.05, 0.1) is 10.6 Å². The largest absolute Gasteiger partial charge is 0.478 e. The lowest BCUT2D eigenvalue weighted by atomic mass is 10.2. The fourth-order valence-electron chi connectivity index (χ4n) is 1.62. The van der Waals surface area contributed by atoms with Crippen LogP contribution in [0.1, 0.15) is 15.9 Å². The Kier molecular flexibility index (Phi) is 4.45. The summed E-state index contributed by atoms with van der Waals surface area (Å²) in [6.07, 6.45) is 0. The number of carboxylic acid groups (broad SMARTS) is 1. The minimum Gasteiger partial charge on any atom is -0.478 e. The molecule has 5 heteroatoms. The maximum atomic E-state index is 10.9. The van der Waals surface area contributed by atoms with Gasteiger partial charge < -0.3 is 10.4 Å². The predicted molar refractivity (Wildman–Crippen MR) is 79.9 cm³/mol. The zero-order valence-electron chi connectivity index (χ0n) is 9.86. The molecule has 2 aromatic rings. The summed E-state index contributed by atoms with van der Waals surface area (Å²) >= 11 is 9.34. The third-order valence-electron chi connectivity index (χ3n) is 2.59. The summed E-state index contributed by atoms with van der Waals surface area (Å²) in [5, 5.41) is 12.7. The molecule has 2 N–H and O–H groups in total. The second-order valence-corrected chi connectivity index (χ2v) is 5.25. The van der Waals surface area contributed by atoms with Gasteiger partial charge in [-0.15, -0.1) is 0 Å². The van der Waals surface area contributed by atoms with Crippen LogP contribution >= 0.6 is 27.5 Å². The normalized spacial score (nSPS) is 10.2. The van der Waals surface area contributed by atoms with Gasteiger partial charge in [-0.1, -0.05) is 23.7 Å². The molecule has 2 aromatic carbocycles. The van der Waals surface area contributed by atoms with E-state index in [4.69, 9.17) is 16.7 Å². The maximum absolute atomic E-state index is 10.9. The van der Waals surface area contributed by atoms with E-state index in [-0.39, 0.29) is 5.56 Å². The molecule has 0 aromatic heterocycles. The average Bonchev–Trinajstić information content (AvgIpc) is 2.40. The predicted octanol–water partition coefficient (Wildman–Crippen LogP) is 4.41. The molecule has 0 atom stereocenters. The molecule has 0 spiro atoms. The van der Waals surface area contributed by atoms with Crippen molar-refractivity contribution >= 4 is 39.2 Å². The number of carbonyl (C=O) groups is 1.